The van der Waals surface area contributed by atoms with Gasteiger partial charge in [-0.05, 0) is 37.0 Å². The molecule has 0 saturated carbocycles. The molecule has 0 spiro atoms. The van der Waals surface area contributed by atoms with Gasteiger partial charge in [-0.15, -0.1) is 0 Å². The van der Waals surface area contributed by atoms with Crippen molar-refractivity contribution in [3.8, 4) is 0 Å². The summed E-state index contributed by atoms with van der Waals surface area (Å²) in [4.78, 5) is 2.47. The van der Waals surface area contributed by atoms with Crippen molar-refractivity contribution in [3.63, 3.8) is 0 Å². The number of anilines is 1. The summed E-state index contributed by atoms with van der Waals surface area (Å²) in [5, 5.41) is 0. The average molecular weight is 219 g/mol. The molecule has 1 aromatic carbocycles. The zero-order valence-electron chi connectivity index (χ0n) is 10.3. The maximum absolute atomic E-state index is 5.39. The van der Waals surface area contributed by atoms with E-state index in [1.807, 2.05) is 7.11 Å². The van der Waals surface area contributed by atoms with Gasteiger partial charge in [0.1, 0.15) is 0 Å². The van der Waals surface area contributed by atoms with Crippen LogP contribution in [-0.2, 0) is 11.2 Å². The summed E-state index contributed by atoms with van der Waals surface area (Å²) in [6, 6.07) is 8.89. The molecule has 0 aromatic heterocycles. The molecule has 1 aromatic rings. The molecular formula is C14H21NO. The third kappa shape index (κ3) is 2.56. The molecule has 2 nitrogen and oxygen atoms in total. The van der Waals surface area contributed by atoms with Gasteiger partial charge < -0.3 is 9.64 Å². The van der Waals surface area contributed by atoms with Crippen molar-refractivity contribution in [3.05, 3.63) is 29.8 Å². The van der Waals surface area contributed by atoms with Crippen LogP contribution in [0.2, 0.25) is 0 Å². The normalized spacial score (nSPS) is 17.8. The quantitative estimate of drug-likeness (QED) is 0.775. The fourth-order valence-corrected chi connectivity index (χ4v) is 2.32. The van der Waals surface area contributed by atoms with Crippen LogP contribution in [0.5, 0.6) is 0 Å². The minimum Gasteiger partial charge on any atom is -0.381 e. The number of aryl methyl sites for hydroxylation is 1. The lowest BCUT2D eigenvalue weighted by molar-refractivity contribution is 0.0819. The third-order valence-corrected chi connectivity index (χ3v) is 3.46. The SMILES string of the molecule is CCc1cccc(N2CCC(OC)CC2)c1. The van der Waals surface area contributed by atoms with Crippen LogP contribution in [0.1, 0.15) is 25.3 Å². The summed E-state index contributed by atoms with van der Waals surface area (Å²) in [6.07, 6.45) is 3.87. The first kappa shape index (κ1) is 11.5. The van der Waals surface area contributed by atoms with E-state index in [9.17, 15) is 0 Å². The molecule has 0 aliphatic carbocycles. The van der Waals surface area contributed by atoms with Crippen molar-refractivity contribution >= 4 is 5.69 Å². The number of nitrogens with zero attached hydrogens (tertiary/aromatic N) is 1. The van der Waals surface area contributed by atoms with E-state index in [-0.39, 0.29) is 0 Å². The minimum absolute atomic E-state index is 0.464. The Morgan fingerprint density at radius 2 is 2.06 bits per heavy atom. The van der Waals surface area contributed by atoms with E-state index in [1.165, 1.54) is 11.3 Å². The summed E-state index contributed by atoms with van der Waals surface area (Å²) in [5.74, 6) is 0. The molecule has 0 unspecified atom stereocenters. The Morgan fingerprint density at radius 1 is 1.31 bits per heavy atom. The maximum atomic E-state index is 5.39. The van der Waals surface area contributed by atoms with Gasteiger partial charge in [0.15, 0.2) is 0 Å². The fraction of sp³-hybridized carbons (Fsp3) is 0.571. The first-order valence-electron chi connectivity index (χ1n) is 6.20. The Balaban J connectivity index is 2.02. The van der Waals surface area contributed by atoms with E-state index in [4.69, 9.17) is 4.74 Å². The van der Waals surface area contributed by atoms with E-state index in [0.29, 0.717) is 6.10 Å². The lowest BCUT2D eigenvalue weighted by atomic mass is 10.1. The first-order chi connectivity index (χ1) is 7.83. The van der Waals surface area contributed by atoms with Crippen molar-refractivity contribution < 1.29 is 4.74 Å². The van der Waals surface area contributed by atoms with Gasteiger partial charge in [0.2, 0.25) is 0 Å². The van der Waals surface area contributed by atoms with Gasteiger partial charge in [0.05, 0.1) is 6.10 Å². The topological polar surface area (TPSA) is 12.5 Å². The summed E-state index contributed by atoms with van der Waals surface area (Å²) < 4.78 is 5.39. The van der Waals surface area contributed by atoms with Crippen molar-refractivity contribution in [2.24, 2.45) is 0 Å². The monoisotopic (exact) mass is 219 g/mol. The van der Waals surface area contributed by atoms with E-state index in [0.717, 1.165) is 32.4 Å². The molecule has 2 heteroatoms. The predicted octanol–water partition coefficient (Wildman–Crippen LogP) is 2.86. The molecule has 0 radical (unpaired) electrons. The highest BCUT2D eigenvalue weighted by Gasteiger charge is 2.18. The Labute approximate surface area is 98.2 Å². The first-order valence-corrected chi connectivity index (χ1v) is 6.20. The minimum atomic E-state index is 0.464. The second kappa shape index (κ2) is 5.35. The van der Waals surface area contributed by atoms with E-state index >= 15 is 0 Å². The molecule has 0 amide bonds. The van der Waals surface area contributed by atoms with E-state index < -0.39 is 0 Å². The number of rotatable bonds is 3. The molecule has 1 saturated heterocycles. The van der Waals surface area contributed by atoms with Crippen LogP contribution < -0.4 is 4.90 Å². The summed E-state index contributed by atoms with van der Waals surface area (Å²) in [7, 11) is 1.82. The summed E-state index contributed by atoms with van der Waals surface area (Å²) in [6.45, 7) is 4.44. The van der Waals surface area contributed by atoms with Crippen LogP contribution in [0.3, 0.4) is 0 Å². The standard InChI is InChI=1S/C14H21NO/c1-3-12-5-4-6-13(11-12)15-9-7-14(16-2)8-10-15/h4-6,11,14H,3,7-10H2,1-2H3. The number of piperidine rings is 1. The van der Waals surface area contributed by atoms with Gasteiger partial charge in [-0.2, -0.15) is 0 Å². The van der Waals surface area contributed by atoms with Crippen LogP contribution in [0.15, 0.2) is 24.3 Å². The van der Waals surface area contributed by atoms with Gasteiger partial charge >= 0.3 is 0 Å². The lowest BCUT2D eigenvalue weighted by Gasteiger charge is -2.33. The van der Waals surface area contributed by atoms with Crippen LogP contribution in [0.4, 0.5) is 5.69 Å². The molecule has 1 heterocycles. The van der Waals surface area contributed by atoms with Crippen LogP contribution in [0.25, 0.3) is 0 Å². The highest BCUT2D eigenvalue weighted by molar-refractivity contribution is 5.49. The zero-order chi connectivity index (χ0) is 11.4. The second-order valence-corrected chi connectivity index (χ2v) is 4.45. The summed E-state index contributed by atoms with van der Waals surface area (Å²) >= 11 is 0. The Kier molecular flexibility index (Phi) is 3.83. The largest absolute Gasteiger partial charge is 0.381 e. The average Bonchev–Trinajstić information content (AvgIpc) is 2.39. The highest BCUT2D eigenvalue weighted by atomic mass is 16.5. The van der Waals surface area contributed by atoms with Crippen molar-refractivity contribution in [2.75, 3.05) is 25.1 Å². The predicted molar refractivity (Wildman–Crippen MR) is 68.1 cm³/mol. The van der Waals surface area contributed by atoms with Gasteiger partial charge in [-0.3, -0.25) is 0 Å². The zero-order valence-corrected chi connectivity index (χ0v) is 10.3. The highest BCUT2D eigenvalue weighted by Crippen LogP contribution is 2.22. The molecule has 1 fully saturated rings. The fourth-order valence-electron chi connectivity index (χ4n) is 2.32. The third-order valence-electron chi connectivity index (χ3n) is 3.46. The number of benzene rings is 1. The molecule has 88 valence electrons. The van der Waals surface area contributed by atoms with Crippen molar-refractivity contribution in [2.45, 2.75) is 32.3 Å². The summed E-state index contributed by atoms with van der Waals surface area (Å²) in [5.41, 5.74) is 2.79. The number of ether oxygens (including phenoxy) is 1. The molecule has 0 N–H and O–H groups in total. The second-order valence-electron chi connectivity index (χ2n) is 4.45. The van der Waals surface area contributed by atoms with Crippen molar-refractivity contribution in [1.82, 2.24) is 0 Å². The van der Waals surface area contributed by atoms with Crippen LogP contribution in [-0.4, -0.2) is 26.3 Å². The molecule has 0 bridgehead atoms. The van der Waals surface area contributed by atoms with Crippen LogP contribution in [0, 0.1) is 0 Å². The van der Waals surface area contributed by atoms with E-state index in [2.05, 4.69) is 36.1 Å². The number of hydrogen-bond acceptors (Lipinski definition) is 2. The maximum Gasteiger partial charge on any atom is 0.0605 e. The molecule has 16 heavy (non-hydrogen) atoms. The van der Waals surface area contributed by atoms with Crippen LogP contribution >= 0.6 is 0 Å². The molecule has 0 atom stereocenters. The van der Waals surface area contributed by atoms with Gasteiger partial charge in [0, 0.05) is 25.9 Å². The number of methoxy groups -OCH3 is 1. The molecule has 1 aliphatic rings. The Hall–Kier alpha value is -1.02. The lowest BCUT2D eigenvalue weighted by Crippen LogP contribution is -2.36. The number of hydrogen-bond donors (Lipinski definition) is 0. The molecular weight excluding hydrogens is 198 g/mol. The molecule has 1 aliphatic heterocycles. The Bertz CT molecular complexity index is 329. The van der Waals surface area contributed by atoms with E-state index in [1.54, 1.807) is 0 Å². The van der Waals surface area contributed by atoms with Crippen molar-refractivity contribution in [1.29, 1.82) is 0 Å². The smallest absolute Gasteiger partial charge is 0.0605 e. The van der Waals surface area contributed by atoms with Gasteiger partial charge in [-0.1, -0.05) is 19.1 Å². The van der Waals surface area contributed by atoms with Gasteiger partial charge in [0.25, 0.3) is 0 Å². The van der Waals surface area contributed by atoms with Gasteiger partial charge in [-0.25, -0.2) is 0 Å². The Morgan fingerprint density at radius 3 is 2.69 bits per heavy atom. The molecule has 2 rings (SSSR count).